The SMILES string of the molecule is CN(C)CCCNC(=O)c1cc(C(=O)O)cc(C(=O)O)c1. The van der Waals surface area contributed by atoms with Gasteiger partial charge in [0.05, 0.1) is 11.1 Å². The molecule has 3 N–H and O–H groups in total. The second-order valence-electron chi connectivity index (χ2n) is 4.82. The van der Waals surface area contributed by atoms with E-state index >= 15 is 0 Å². The predicted molar refractivity (Wildman–Crippen MR) is 75.9 cm³/mol. The molecule has 1 aromatic rings. The molecule has 0 heterocycles. The lowest BCUT2D eigenvalue weighted by molar-refractivity contribution is 0.0696. The summed E-state index contributed by atoms with van der Waals surface area (Å²) in [7, 11) is 3.83. The zero-order valence-corrected chi connectivity index (χ0v) is 11.9. The van der Waals surface area contributed by atoms with E-state index in [0.717, 1.165) is 31.2 Å². The van der Waals surface area contributed by atoms with Crippen LogP contribution in [0.1, 0.15) is 37.5 Å². The Morgan fingerprint density at radius 3 is 1.90 bits per heavy atom. The van der Waals surface area contributed by atoms with Crippen LogP contribution in [0.5, 0.6) is 0 Å². The lowest BCUT2D eigenvalue weighted by atomic mass is 10.0. The third-order valence-electron chi connectivity index (χ3n) is 2.76. The molecule has 7 heteroatoms. The van der Waals surface area contributed by atoms with E-state index in [-0.39, 0.29) is 16.7 Å². The standard InChI is InChI=1S/C14H18N2O5/c1-16(2)5-3-4-15-12(17)9-6-10(13(18)19)8-11(7-9)14(20)21/h6-8H,3-5H2,1-2H3,(H,15,17)(H,18,19)(H,20,21). The van der Waals surface area contributed by atoms with E-state index in [1.54, 1.807) is 0 Å². The van der Waals surface area contributed by atoms with Gasteiger partial charge in [0.25, 0.3) is 5.91 Å². The topological polar surface area (TPSA) is 107 Å². The number of aromatic carboxylic acids is 2. The maximum atomic E-state index is 11.9. The van der Waals surface area contributed by atoms with Crippen LogP contribution in [-0.2, 0) is 0 Å². The first-order valence-corrected chi connectivity index (χ1v) is 6.36. The molecule has 0 fully saturated rings. The van der Waals surface area contributed by atoms with E-state index in [9.17, 15) is 14.4 Å². The molecule has 7 nitrogen and oxygen atoms in total. The highest BCUT2D eigenvalue weighted by atomic mass is 16.4. The molecule has 0 aliphatic rings. The van der Waals surface area contributed by atoms with E-state index < -0.39 is 17.8 Å². The Morgan fingerprint density at radius 1 is 1.00 bits per heavy atom. The molecule has 0 unspecified atom stereocenters. The number of carbonyl (C=O) groups excluding carboxylic acids is 1. The number of carbonyl (C=O) groups is 3. The van der Waals surface area contributed by atoms with E-state index in [1.807, 2.05) is 19.0 Å². The van der Waals surface area contributed by atoms with Crippen LogP contribution in [0.3, 0.4) is 0 Å². The Hall–Kier alpha value is -2.41. The fourth-order valence-electron chi connectivity index (χ4n) is 1.70. The molecule has 0 radical (unpaired) electrons. The number of hydrogen-bond donors (Lipinski definition) is 3. The van der Waals surface area contributed by atoms with Crippen LogP contribution in [0.25, 0.3) is 0 Å². The molecule has 21 heavy (non-hydrogen) atoms. The summed E-state index contributed by atoms with van der Waals surface area (Å²) >= 11 is 0. The number of amides is 1. The van der Waals surface area contributed by atoms with Crippen LogP contribution in [0, 0.1) is 0 Å². The molecular weight excluding hydrogens is 276 g/mol. The zero-order chi connectivity index (χ0) is 16.0. The minimum absolute atomic E-state index is 0.0251. The van der Waals surface area contributed by atoms with E-state index in [2.05, 4.69) is 5.32 Å². The van der Waals surface area contributed by atoms with Crippen LogP contribution in [0.2, 0.25) is 0 Å². The highest BCUT2D eigenvalue weighted by molar-refractivity contribution is 6.01. The minimum Gasteiger partial charge on any atom is -0.478 e. The quantitative estimate of drug-likeness (QED) is 0.641. The Labute approximate surface area is 122 Å². The molecule has 0 aliphatic carbocycles. The van der Waals surface area contributed by atoms with Crippen molar-refractivity contribution in [1.82, 2.24) is 10.2 Å². The van der Waals surface area contributed by atoms with Crippen LogP contribution in [-0.4, -0.2) is 60.1 Å². The molecule has 0 atom stereocenters. The van der Waals surface area contributed by atoms with Gasteiger partial charge in [-0.2, -0.15) is 0 Å². The van der Waals surface area contributed by atoms with Gasteiger partial charge in [0.2, 0.25) is 0 Å². The number of carboxylic acids is 2. The van der Waals surface area contributed by atoms with Gasteiger partial charge in [-0.1, -0.05) is 0 Å². The molecule has 0 saturated heterocycles. The van der Waals surface area contributed by atoms with Crippen molar-refractivity contribution in [2.45, 2.75) is 6.42 Å². The molecule has 1 aromatic carbocycles. The van der Waals surface area contributed by atoms with Crippen molar-refractivity contribution in [1.29, 1.82) is 0 Å². The molecule has 0 aromatic heterocycles. The summed E-state index contributed by atoms with van der Waals surface area (Å²) in [5.74, 6) is -3.04. The Balaban J connectivity index is 2.83. The van der Waals surface area contributed by atoms with Gasteiger partial charge in [-0.05, 0) is 45.3 Å². The van der Waals surface area contributed by atoms with Crippen LogP contribution in [0.15, 0.2) is 18.2 Å². The van der Waals surface area contributed by atoms with Crippen LogP contribution >= 0.6 is 0 Å². The van der Waals surface area contributed by atoms with Gasteiger partial charge in [-0.3, -0.25) is 4.79 Å². The summed E-state index contributed by atoms with van der Waals surface area (Å²) in [5.41, 5.74) is -0.432. The first-order valence-electron chi connectivity index (χ1n) is 6.36. The maximum absolute atomic E-state index is 11.9. The number of hydrogen-bond acceptors (Lipinski definition) is 4. The van der Waals surface area contributed by atoms with Gasteiger partial charge in [0, 0.05) is 12.1 Å². The van der Waals surface area contributed by atoms with Crippen LogP contribution in [0.4, 0.5) is 0 Å². The molecule has 0 saturated carbocycles. The van der Waals surface area contributed by atoms with Gasteiger partial charge < -0.3 is 20.4 Å². The maximum Gasteiger partial charge on any atom is 0.335 e. The molecular formula is C14H18N2O5. The molecule has 0 spiro atoms. The average molecular weight is 294 g/mol. The lowest BCUT2D eigenvalue weighted by Gasteiger charge is -2.10. The summed E-state index contributed by atoms with van der Waals surface area (Å²) in [6.45, 7) is 1.23. The van der Waals surface area contributed by atoms with Crippen molar-refractivity contribution in [3.63, 3.8) is 0 Å². The Kier molecular flexibility index (Phi) is 5.86. The Bertz CT molecular complexity index is 522. The van der Waals surface area contributed by atoms with Crippen LogP contribution < -0.4 is 5.32 Å². The van der Waals surface area contributed by atoms with E-state index in [1.165, 1.54) is 0 Å². The van der Waals surface area contributed by atoms with E-state index in [4.69, 9.17) is 10.2 Å². The van der Waals surface area contributed by atoms with Gasteiger partial charge >= 0.3 is 11.9 Å². The number of nitrogens with one attached hydrogen (secondary N) is 1. The fourth-order valence-corrected chi connectivity index (χ4v) is 1.70. The molecule has 1 rings (SSSR count). The largest absolute Gasteiger partial charge is 0.478 e. The second kappa shape index (κ2) is 7.39. The molecule has 114 valence electrons. The fraction of sp³-hybridized carbons (Fsp3) is 0.357. The Morgan fingerprint density at radius 2 is 1.48 bits per heavy atom. The van der Waals surface area contributed by atoms with Crippen molar-refractivity contribution in [3.05, 3.63) is 34.9 Å². The third-order valence-corrected chi connectivity index (χ3v) is 2.76. The normalized spacial score (nSPS) is 10.4. The van der Waals surface area contributed by atoms with Gasteiger partial charge in [0.15, 0.2) is 0 Å². The van der Waals surface area contributed by atoms with Crippen molar-refractivity contribution in [2.24, 2.45) is 0 Å². The number of nitrogens with zero attached hydrogens (tertiary/aromatic N) is 1. The van der Waals surface area contributed by atoms with Crippen molar-refractivity contribution in [2.75, 3.05) is 27.2 Å². The number of benzene rings is 1. The summed E-state index contributed by atoms with van der Waals surface area (Å²) in [6, 6.07) is 3.35. The molecule has 1 amide bonds. The van der Waals surface area contributed by atoms with Gasteiger partial charge in [0.1, 0.15) is 0 Å². The predicted octanol–water partition coefficient (Wildman–Crippen LogP) is 0.764. The average Bonchev–Trinajstić information content (AvgIpc) is 2.42. The van der Waals surface area contributed by atoms with Crippen molar-refractivity contribution >= 4 is 17.8 Å². The lowest BCUT2D eigenvalue weighted by Crippen LogP contribution is -2.27. The number of rotatable bonds is 7. The van der Waals surface area contributed by atoms with Crippen molar-refractivity contribution < 1.29 is 24.6 Å². The van der Waals surface area contributed by atoms with Crippen molar-refractivity contribution in [3.8, 4) is 0 Å². The highest BCUT2D eigenvalue weighted by Gasteiger charge is 2.15. The first-order chi connectivity index (χ1) is 9.81. The smallest absolute Gasteiger partial charge is 0.335 e. The molecule has 0 aliphatic heterocycles. The molecule has 0 bridgehead atoms. The van der Waals surface area contributed by atoms with Gasteiger partial charge in [-0.15, -0.1) is 0 Å². The first kappa shape index (κ1) is 16.6. The second-order valence-corrected chi connectivity index (χ2v) is 4.82. The highest BCUT2D eigenvalue weighted by Crippen LogP contribution is 2.11. The summed E-state index contributed by atoms with van der Waals surface area (Å²) in [5, 5.41) is 20.5. The zero-order valence-electron chi connectivity index (χ0n) is 11.9. The van der Waals surface area contributed by atoms with E-state index in [0.29, 0.717) is 6.54 Å². The monoisotopic (exact) mass is 294 g/mol. The minimum atomic E-state index is -1.28. The number of carboxylic acid groups (broad SMARTS) is 2. The van der Waals surface area contributed by atoms with Gasteiger partial charge in [-0.25, -0.2) is 9.59 Å². The summed E-state index contributed by atoms with van der Waals surface area (Å²) in [4.78, 5) is 35.8. The summed E-state index contributed by atoms with van der Waals surface area (Å²) in [6.07, 6.45) is 0.739. The third kappa shape index (κ3) is 5.23. The summed E-state index contributed by atoms with van der Waals surface area (Å²) < 4.78 is 0.